The van der Waals surface area contributed by atoms with Crippen molar-refractivity contribution in [1.82, 2.24) is 19.7 Å². The minimum Gasteiger partial charge on any atom is -0.496 e. The highest BCUT2D eigenvalue weighted by Gasteiger charge is 2.19. The third kappa shape index (κ3) is 3.18. The van der Waals surface area contributed by atoms with Gasteiger partial charge in [0.1, 0.15) is 11.5 Å². The lowest BCUT2D eigenvalue weighted by molar-refractivity contribution is 0.393. The average molecular weight is 435 g/mol. The van der Waals surface area contributed by atoms with Crippen molar-refractivity contribution in [3.8, 4) is 16.9 Å². The van der Waals surface area contributed by atoms with Crippen LogP contribution in [-0.2, 0) is 6.54 Å². The van der Waals surface area contributed by atoms with Crippen LogP contribution in [0.3, 0.4) is 0 Å². The molecule has 0 spiro atoms. The van der Waals surface area contributed by atoms with Gasteiger partial charge in [0.2, 0.25) is 0 Å². The first-order chi connectivity index (χ1) is 15.0. The Morgan fingerprint density at radius 2 is 1.97 bits per heavy atom. The minimum absolute atomic E-state index is 0.201. The van der Waals surface area contributed by atoms with Crippen LogP contribution in [0.2, 0.25) is 5.02 Å². The number of imidazole rings is 1. The lowest BCUT2D eigenvalue weighted by Crippen LogP contribution is -2.17. The Morgan fingerprint density at radius 3 is 2.65 bits per heavy atom. The third-order valence-electron chi connectivity index (χ3n) is 5.47. The van der Waals surface area contributed by atoms with Gasteiger partial charge in [0.15, 0.2) is 0 Å². The SMILES string of the molecule is COc1cc2c(cc1-c1c(C)noc1C)ncc1[nH]c(=O)n(Cc3ccc(Cl)cc3)c12. The molecule has 31 heavy (non-hydrogen) atoms. The zero-order valence-electron chi connectivity index (χ0n) is 17.2. The van der Waals surface area contributed by atoms with Crippen molar-refractivity contribution in [3.63, 3.8) is 0 Å². The molecule has 7 nitrogen and oxygen atoms in total. The maximum Gasteiger partial charge on any atom is 0.326 e. The van der Waals surface area contributed by atoms with Gasteiger partial charge >= 0.3 is 5.69 Å². The lowest BCUT2D eigenvalue weighted by Gasteiger charge is -2.12. The number of methoxy groups -OCH3 is 1. The second-order valence-corrected chi connectivity index (χ2v) is 7.87. The van der Waals surface area contributed by atoms with Gasteiger partial charge in [-0.1, -0.05) is 28.9 Å². The van der Waals surface area contributed by atoms with Crippen molar-refractivity contribution < 1.29 is 9.26 Å². The van der Waals surface area contributed by atoms with Gasteiger partial charge in [-0.25, -0.2) is 4.79 Å². The van der Waals surface area contributed by atoms with E-state index < -0.39 is 0 Å². The van der Waals surface area contributed by atoms with Gasteiger partial charge in [-0.05, 0) is 43.7 Å². The molecular formula is C23H19ClN4O3. The lowest BCUT2D eigenvalue weighted by atomic mass is 10.0. The zero-order valence-corrected chi connectivity index (χ0v) is 17.9. The highest BCUT2D eigenvalue weighted by molar-refractivity contribution is 6.30. The summed E-state index contributed by atoms with van der Waals surface area (Å²) in [6.45, 7) is 4.16. The maximum absolute atomic E-state index is 12.8. The monoisotopic (exact) mass is 434 g/mol. The minimum atomic E-state index is -0.201. The number of nitrogens with one attached hydrogen (secondary N) is 1. The summed E-state index contributed by atoms with van der Waals surface area (Å²) in [6.07, 6.45) is 1.68. The number of pyridine rings is 1. The summed E-state index contributed by atoms with van der Waals surface area (Å²) < 4.78 is 12.8. The normalized spacial score (nSPS) is 11.5. The third-order valence-corrected chi connectivity index (χ3v) is 5.73. The Labute approximate surface area is 182 Å². The van der Waals surface area contributed by atoms with Crippen LogP contribution in [0, 0.1) is 13.8 Å². The Kier molecular flexibility index (Phi) is 4.55. The molecule has 0 aliphatic carbocycles. The van der Waals surface area contributed by atoms with Crippen molar-refractivity contribution in [3.05, 3.63) is 75.1 Å². The Balaban J connectivity index is 1.76. The Morgan fingerprint density at radius 1 is 1.19 bits per heavy atom. The molecule has 8 heteroatoms. The largest absolute Gasteiger partial charge is 0.496 e. The van der Waals surface area contributed by atoms with E-state index in [1.54, 1.807) is 17.9 Å². The highest BCUT2D eigenvalue weighted by atomic mass is 35.5. The van der Waals surface area contributed by atoms with E-state index in [1.807, 2.05) is 50.2 Å². The molecule has 0 aliphatic heterocycles. The van der Waals surface area contributed by atoms with E-state index in [1.165, 1.54) is 0 Å². The molecule has 5 rings (SSSR count). The van der Waals surface area contributed by atoms with Crippen molar-refractivity contribution in [2.75, 3.05) is 7.11 Å². The molecule has 3 heterocycles. The van der Waals surface area contributed by atoms with Crippen LogP contribution < -0.4 is 10.4 Å². The number of aromatic amines is 1. The predicted molar refractivity (Wildman–Crippen MR) is 120 cm³/mol. The summed E-state index contributed by atoms with van der Waals surface area (Å²) in [5, 5.41) is 5.53. The maximum atomic E-state index is 12.8. The molecule has 0 radical (unpaired) electrons. The molecule has 1 N–H and O–H groups in total. The van der Waals surface area contributed by atoms with E-state index in [0.29, 0.717) is 28.6 Å². The van der Waals surface area contributed by atoms with Crippen LogP contribution in [0.5, 0.6) is 5.75 Å². The number of rotatable bonds is 4. The van der Waals surface area contributed by atoms with E-state index in [9.17, 15) is 4.79 Å². The van der Waals surface area contributed by atoms with Gasteiger partial charge in [0.05, 0.1) is 47.7 Å². The molecule has 0 atom stereocenters. The molecule has 0 aliphatic rings. The molecular weight excluding hydrogens is 416 g/mol. The van der Waals surface area contributed by atoms with Gasteiger partial charge in [-0.2, -0.15) is 0 Å². The number of hydrogen-bond acceptors (Lipinski definition) is 5. The molecule has 2 aromatic carbocycles. The molecule has 0 amide bonds. The summed E-state index contributed by atoms with van der Waals surface area (Å²) in [4.78, 5) is 20.2. The molecule has 156 valence electrons. The van der Waals surface area contributed by atoms with Gasteiger partial charge in [0, 0.05) is 16.0 Å². The van der Waals surface area contributed by atoms with Crippen molar-refractivity contribution >= 4 is 33.5 Å². The number of aromatic nitrogens is 4. The summed E-state index contributed by atoms with van der Waals surface area (Å²) >= 11 is 6.00. The number of nitrogens with zero attached hydrogens (tertiary/aromatic N) is 3. The van der Waals surface area contributed by atoms with Crippen LogP contribution in [0.1, 0.15) is 17.0 Å². The summed E-state index contributed by atoms with van der Waals surface area (Å²) in [5.41, 5.74) is 5.45. The Hall–Kier alpha value is -3.58. The zero-order chi connectivity index (χ0) is 21.7. The summed E-state index contributed by atoms with van der Waals surface area (Å²) in [5.74, 6) is 1.36. The standard InChI is InChI=1S/C23H19ClN4O3/c1-12-21(13(2)31-27-12)17-8-18-16(9-20(17)30-3)22-19(10-25-18)26-23(29)28(22)11-14-4-6-15(24)7-5-14/h4-10H,11H2,1-3H3,(H,26,29). The van der Waals surface area contributed by atoms with E-state index in [0.717, 1.165) is 38.8 Å². The number of halogens is 1. The van der Waals surface area contributed by atoms with Gasteiger partial charge in [-0.15, -0.1) is 0 Å². The Bertz CT molecular complexity index is 1480. The van der Waals surface area contributed by atoms with E-state index in [2.05, 4.69) is 15.1 Å². The predicted octanol–water partition coefficient (Wildman–Crippen LogP) is 4.86. The molecule has 0 fully saturated rings. The summed E-state index contributed by atoms with van der Waals surface area (Å²) in [7, 11) is 1.62. The van der Waals surface area contributed by atoms with Crippen LogP contribution in [0.4, 0.5) is 0 Å². The molecule has 0 saturated heterocycles. The number of H-pyrrole nitrogens is 1. The number of hydrogen-bond donors (Lipinski definition) is 1. The van der Waals surface area contributed by atoms with Crippen molar-refractivity contribution in [2.45, 2.75) is 20.4 Å². The summed E-state index contributed by atoms with van der Waals surface area (Å²) in [6, 6.07) is 11.3. The van der Waals surface area contributed by atoms with Gasteiger partial charge in [-0.3, -0.25) is 9.55 Å². The van der Waals surface area contributed by atoms with Crippen LogP contribution in [0.15, 0.2) is 51.9 Å². The number of ether oxygens (including phenoxy) is 1. The molecule has 0 unspecified atom stereocenters. The quantitative estimate of drug-likeness (QED) is 0.436. The van der Waals surface area contributed by atoms with E-state index in [-0.39, 0.29) is 5.69 Å². The first kappa shape index (κ1) is 19.4. The van der Waals surface area contributed by atoms with Gasteiger partial charge in [0.25, 0.3) is 0 Å². The topological polar surface area (TPSA) is 85.9 Å². The average Bonchev–Trinajstić information content (AvgIpc) is 3.26. The second kappa shape index (κ2) is 7.28. The molecule has 0 bridgehead atoms. The molecule has 5 aromatic rings. The smallest absolute Gasteiger partial charge is 0.326 e. The van der Waals surface area contributed by atoms with Gasteiger partial charge < -0.3 is 14.2 Å². The number of benzene rings is 2. The fourth-order valence-electron chi connectivity index (χ4n) is 4.03. The number of fused-ring (bicyclic) bond motifs is 3. The molecule has 0 saturated carbocycles. The van der Waals surface area contributed by atoms with Crippen molar-refractivity contribution in [2.24, 2.45) is 0 Å². The molecule has 3 aromatic heterocycles. The second-order valence-electron chi connectivity index (χ2n) is 7.43. The van der Waals surface area contributed by atoms with Crippen LogP contribution >= 0.6 is 11.6 Å². The number of aryl methyl sites for hydroxylation is 2. The van der Waals surface area contributed by atoms with Crippen LogP contribution in [0.25, 0.3) is 33.1 Å². The highest BCUT2D eigenvalue weighted by Crippen LogP contribution is 2.38. The van der Waals surface area contributed by atoms with Crippen LogP contribution in [-0.4, -0.2) is 26.8 Å². The first-order valence-electron chi connectivity index (χ1n) is 9.73. The fourth-order valence-corrected chi connectivity index (χ4v) is 4.15. The van der Waals surface area contributed by atoms with Crippen molar-refractivity contribution in [1.29, 1.82) is 0 Å². The van der Waals surface area contributed by atoms with E-state index >= 15 is 0 Å². The van der Waals surface area contributed by atoms with E-state index in [4.69, 9.17) is 20.9 Å². The first-order valence-corrected chi connectivity index (χ1v) is 10.1. The fraction of sp³-hybridized carbons (Fsp3) is 0.174.